The van der Waals surface area contributed by atoms with Crippen LogP contribution in [0.25, 0.3) is 10.9 Å². The summed E-state index contributed by atoms with van der Waals surface area (Å²) in [5.74, 6) is 2.01. The maximum absolute atomic E-state index is 11.1. The van der Waals surface area contributed by atoms with Crippen LogP contribution < -0.4 is 19.5 Å². The molecule has 0 aliphatic carbocycles. The molecule has 0 atom stereocenters. The van der Waals surface area contributed by atoms with E-state index in [1.165, 1.54) is 13.3 Å². The van der Waals surface area contributed by atoms with Crippen molar-refractivity contribution in [3.63, 3.8) is 0 Å². The molecular formula is C21H26N6O5. The highest BCUT2D eigenvalue weighted by molar-refractivity contribution is 5.92. The number of nitrogens with one attached hydrogen (secondary N) is 2. The molecule has 11 nitrogen and oxygen atoms in total. The molecule has 0 saturated carbocycles. The number of H-pyrrole nitrogens is 1. The first-order valence-corrected chi connectivity index (χ1v) is 10.4. The number of morpholine rings is 1. The van der Waals surface area contributed by atoms with Crippen molar-refractivity contribution in [2.24, 2.45) is 0 Å². The number of fused-ring (bicyclic) bond motifs is 1. The predicted octanol–water partition coefficient (Wildman–Crippen LogP) is 2.13. The second-order valence-corrected chi connectivity index (χ2v) is 7.24. The average Bonchev–Trinajstić information content (AvgIpc) is 3.23. The van der Waals surface area contributed by atoms with E-state index in [0.29, 0.717) is 35.3 Å². The number of methoxy groups -OCH3 is 1. The lowest BCUT2D eigenvalue weighted by molar-refractivity contribution is -0.132. The first-order chi connectivity index (χ1) is 15.6. The Morgan fingerprint density at radius 2 is 2.06 bits per heavy atom. The molecule has 1 aliphatic rings. The normalized spacial score (nSPS) is 14.3. The Morgan fingerprint density at radius 1 is 1.22 bits per heavy atom. The van der Waals surface area contributed by atoms with Crippen LogP contribution in [0.3, 0.4) is 0 Å². The first-order valence-electron chi connectivity index (χ1n) is 10.4. The number of rotatable bonds is 9. The summed E-state index contributed by atoms with van der Waals surface area (Å²) in [7, 11) is 1.60. The minimum absolute atomic E-state index is 0.170. The maximum Gasteiger partial charge on any atom is 0.309 e. The number of hydrogen-bond acceptors (Lipinski definition) is 10. The van der Waals surface area contributed by atoms with E-state index in [2.05, 4.69) is 30.4 Å². The van der Waals surface area contributed by atoms with E-state index in [9.17, 15) is 4.79 Å². The third-order valence-electron chi connectivity index (χ3n) is 4.96. The number of carbonyl (C=O) groups excluding carboxylic acids is 1. The molecule has 0 spiro atoms. The number of hydrogen-bond donors (Lipinski definition) is 2. The average molecular weight is 442 g/mol. The van der Waals surface area contributed by atoms with Gasteiger partial charge in [0.15, 0.2) is 11.5 Å². The number of benzene rings is 1. The summed E-state index contributed by atoms with van der Waals surface area (Å²) in [5, 5.41) is 10.6. The third kappa shape index (κ3) is 5.42. The highest BCUT2D eigenvalue weighted by Crippen LogP contribution is 2.34. The number of anilines is 2. The number of aromatic amines is 1. The molecule has 2 N–H and O–H groups in total. The molecule has 4 rings (SSSR count). The van der Waals surface area contributed by atoms with Crippen molar-refractivity contribution in [1.82, 2.24) is 25.1 Å². The van der Waals surface area contributed by atoms with E-state index < -0.39 is 5.97 Å². The van der Waals surface area contributed by atoms with Crippen LogP contribution in [-0.4, -0.2) is 77.6 Å². The Bertz CT molecular complexity index is 1070. The largest absolute Gasteiger partial charge is 0.493 e. The highest BCUT2D eigenvalue weighted by atomic mass is 16.5. The summed E-state index contributed by atoms with van der Waals surface area (Å²) < 4.78 is 21.9. The molecular weight excluding hydrogens is 416 g/mol. The lowest BCUT2D eigenvalue weighted by atomic mass is 10.2. The van der Waals surface area contributed by atoms with Crippen LogP contribution in [0.1, 0.15) is 13.3 Å². The quantitative estimate of drug-likeness (QED) is 0.376. The molecule has 0 unspecified atom stereocenters. The van der Waals surface area contributed by atoms with Crippen LogP contribution in [-0.2, 0) is 9.53 Å². The van der Waals surface area contributed by atoms with Crippen LogP contribution >= 0.6 is 0 Å². The van der Waals surface area contributed by atoms with Gasteiger partial charge in [-0.15, -0.1) is 5.10 Å². The lowest BCUT2D eigenvalue weighted by Gasteiger charge is -2.26. The topological polar surface area (TPSA) is 124 Å². The summed E-state index contributed by atoms with van der Waals surface area (Å²) in [6, 6.07) is 5.24. The number of ether oxygens (including phenoxy) is 4. The first kappa shape index (κ1) is 21.8. The van der Waals surface area contributed by atoms with Crippen molar-refractivity contribution in [3.05, 3.63) is 24.5 Å². The molecule has 0 bridgehead atoms. The zero-order chi connectivity index (χ0) is 22.3. The van der Waals surface area contributed by atoms with Crippen LogP contribution in [0.5, 0.6) is 17.4 Å². The Morgan fingerprint density at radius 3 is 2.84 bits per heavy atom. The van der Waals surface area contributed by atoms with Crippen molar-refractivity contribution in [1.29, 1.82) is 0 Å². The summed E-state index contributed by atoms with van der Waals surface area (Å²) in [4.78, 5) is 22.1. The molecule has 0 amide bonds. The van der Waals surface area contributed by atoms with Gasteiger partial charge in [-0.3, -0.25) is 14.8 Å². The van der Waals surface area contributed by atoms with Gasteiger partial charge in [0.1, 0.15) is 18.0 Å². The predicted molar refractivity (Wildman–Crippen MR) is 117 cm³/mol. The molecule has 11 heteroatoms. The van der Waals surface area contributed by atoms with E-state index in [1.54, 1.807) is 13.2 Å². The maximum atomic E-state index is 11.1. The Balaban J connectivity index is 1.45. The van der Waals surface area contributed by atoms with Crippen LogP contribution in [0.4, 0.5) is 11.6 Å². The minimum atomic E-state index is -0.447. The summed E-state index contributed by atoms with van der Waals surface area (Å²) >= 11 is 0. The fraction of sp³-hybridized carbons (Fsp3) is 0.429. The van der Waals surface area contributed by atoms with Gasteiger partial charge < -0.3 is 24.3 Å². The Kier molecular flexibility index (Phi) is 6.97. The van der Waals surface area contributed by atoms with Crippen LogP contribution in [0.15, 0.2) is 24.5 Å². The van der Waals surface area contributed by atoms with Gasteiger partial charge in [-0.1, -0.05) is 0 Å². The van der Waals surface area contributed by atoms with Gasteiger partial charge in [0.05, 0.1) is 32.4 Å². The van der Waals surface area contributed by atoms with E-state index in [0.717, 1.165) is 44.7 Å². The van der Waals surface area contributed by atoms with Gasteiger partial charge in [-0.2, -0.15) is 0 Å². The molecule has 3 heterocycles. The van der Waals surface area contributed by atoms with Gasteiger partial charge in [0, 0.05) is 44.1 Å². The third-order valence-corrected chi connectivity index (χ3v) is 4.96. The summed E-state index contributed by atoms with van der Waals surface area (Å²) in [6.07, 6.45) is 2.37. The minimum Gasteiger partial charge on any atom is -0.493 e. The van der Waals surface area contributed by atoms with Crippen molar-refractivity contribution in [2.45, 2.75) is 13.3 Å². The fourth-order valence-corrected chi connectivity index (χ4v) is 3.43. The zero-order valence-electron chi connectivity index (χ0n) is 18.1. The van der Waals surface area contributed by atoms with E-state index >= 15 is 0 Å². The summed E-state index contributed by atoms with van der Waals surface area (Å²) in [5.41, 5.74) is 0.700. The van der Waals surface area contributed by atoms with Crippen molar-refractivity contribution in [2.75, 3.05) is 51.9 Å². The highest BCUT2D eigenvalue weighted by Gasteiger charge is 2.14. The van der Waals surface area contributed by atoms with Crippen molar-refractivity contribution in [3.8, 4) is 17.4 Å². The van der Waals surface area contributed by atoms with Crippen molar-refractivity contribution >= 4 is 28.5 Å². The molecule has 32 heavy (non-hydrogen) atoms. The molecule has 2 aromatic heterocycles. The zero-order valence-corrected chi connectivity index (χ0v) is 18.1. The number of aromatic nitrogens is 4. The second-order valence-electron chi connectivity index (χ2n) is 7.24. The summed E-state index contributed by atoms with van der Waals surface area (Å²) in [6.45, 7) is 6.36. The van der Waals surface area contributed by atoms with Gasteiger partial charge in [0.2, 0.25) is 5.88 Å². The molecule has 1 fully saturated rings. The van der Waals surface area contributed by atoms with E-state index in [-0.39, 0.29) is 5.88 Å². The smallest absolute Gasteiger partial charge is 0.309 e. The van der Waals surface area contributed by atoms with Crippen LogP contribution in [0, 0.1) is 0 Å². The van der Waals surface area contributed by atoms with E-state index in [1.807, 2.05) is 12.1 Å². The van der Waals surface area contributed by atoms with E-state index in [4.69, 9.17) is 18.9 Å². The monoisotopic (exact) mass is 442 g/mol. The van der Waals surface area contributed by atoms with Crippen molar-refractivity contribution < 1.29 is 23.7 Å². The molecule has 0 radical (unpaired) electrons. The van der Waals surface area contributed by atoms with Crippen LogP contribution in [0.2, 0.25) is 0 Å². The molecule has 1 saturated heterocycles. The van der Waals surface area contributed by atoms with Gasteiger partial charge in [-0.25, -0.2) is 9.97 Å². The standard InChI is InChI=1S/C21H26N6O5/c1-14(28)32-20-12-19(25-26-20)24-21-15-10-17(29-2)18(11-16(15)22-13-23-21)31-7-3-4-27-5-8-30-9-6-27/h10-13H,3-9H2,1-2H3,(H2,22,23,24,25,26). The van der Waals surface area contributed by atoms with Gasteiger partial charge in [0.25, 0.3) is 0 Å². The molecule has 3 aromatic rings. The fourth-order valence-electron chi connectivity index (χ4n) is 3.43. The SMILES string of the molecule is COc1cc2c(Nc3cc(OC(C)=O)n[nH]3)ncnc2cc1OCCCN1CCOCC1. The number of esters is 1. The number of carbonyl (C=O) groups is 1. The Hall–Kier alpha value is -3.44. The molecule has 170 valence electrons. The second kappa shape index (κ2) is 10.2. The van der Waals surface area contributed by atoms with Gasteiger partial charge >= 0.3 is 5.97 Å². The number of nitrogens with zero attached hydrogens (tertiary/aromatic N) is 4. The Labute approximate surface area is 185 Å². The van der Waals surface area contributed by atoms with Gasteiger partial charge in [-0.05, 0) is 12.5 Å². The molecule has 1 aromatic carbocycles. The lowest BCUT2D eigenvalue weighted by Crippen LogP contribution is -2.37. The molecule has 1 aliphatic heterocycles.